The van der Waals surface area contributed by atoms with E-state index in [1.165, 1.54) is 6.07 Å². The van der Waals surface area contributed by atoms with Crippen LogP contribution in [-0.2, 0) is 9.53 Å². The van der Waals surface area contributed by atoms with Crippen LogP contribution >= 0.6 is 0 Å². The van der Waals surface area contributed by atoms with Gasteiger partial charge in [0, 0.05) is 12.3 Å². The van der Waals surface area contributed by atoms with Crippen molar-refractivity contribution in [2.24, 2.45) is 0 Å². The van der Waals surface area contributed by atoms with E-state index in [0.29, 0.717) is 6.42 Å². The molecular formula is C13H18N2O3. The highest BCUT2D eigenvalue weighted by Crippen LogP contribution is 2.21. The van der Waals surface area contributed by atoms with Gasteiger partial charge in [0.25, 0.3) is 0 Å². The van der Waals surface area contributed by atoms with Crippen LogP contribution in [0, 0.1) is 6.92 Å². The molecule has 2 rings (SSSR count). The molecule has 1 unspecified atom stereocenters. The molecule has 1 atom stereocenters. The van der Waals surface area contributed by atoms with Gasteiger partial charge in [-0.3, -0.25) is 4.79 Å². The van der Waals surface area contributed by atoms with Crippen molar-refractivity contribution in [2.75, 3.05) is 11.9 Å². The van der Waals surface area contributed by atoms with Crippen molar-refractivity contribution >= 4 is 11.7 Å². The zero-order valence-corrected chi connectivity index (χ0v) is 10.5. The molecule has 0 radical (unpaired) electrons. The fourth-order valence-corrected chi connectivity index (χ4v) is 2.00. The number of carbonyl (C=O) groups excluding carboxylic acids is 1. The Kier molecular flexibility index (Phi) is 4.15. The molecule has 18 heavy (non-hydrogen) atoms. The summed E-state index contributed by atoms with van der Waals surface area (Å²) in [5, 5.41) is 12.2. The topological polar surface area (TPSA) is 71.5 Å². The van der Waals surface area contributed by atoms with Crippen LogP contribution < -0.4 is 5.32 Å². The maximum Gasteiger partial charge on any atom is 0.228 e. The third-order valence-corrected chi connectivity index (χ3v) is 2.96. The van der Waals surface area contributed by atoms with Crippen LogP contribution in [0.4, 0.5) is 5.82 Å². The summed E-state index contributed by atoms with van der Waals surface area (Å²) >= 11 is 0. The van der Waals surface area contributed by atoms with E-state index < -0.39 is 0 Å². The Morgan fingerprint density at radius 3 is 3.11 bits per heavy atom. The molecule has 1 aromatic rings. The molecule has 0 spiro atoms. The van der Waals surface area contributed by atoms with Gasteiger partial charge in [-0.2, -0.15) is 0 Å². The number of hydrogen-bond acceptors (Lipinski definition) is 4. The maximum atomic E-state index is 11.8. The highest BCUT2D eigenvalue weighted by atomic mass is 16.5. The van der Waals surface area contributed by atoms with Crippen molar-refractivity contribution in [3.05, 3.63) is 17.8 Å². The highest BCUT2D eigenvalue weighted by Gasteiger charge is 2.18. The van der Waals surface area contributed by atoms with Gasteiger partial charge in [-0.05, 0) is 38.3 Å². The number of anilines is 1. The first-order valence-electron chi connectivity index (χ1n) is 6.23. The van der Waals surface area contributed by atoms with Gasteiger partial charge in [0.2, 0.25) is 5.91 Å². The molecule has 5 nitrogen and oxygen atoms in total. The smallest absolute Gasteiger partial charge is 0.228 e. The molecule has 2 heterocycles. The minimum atomic E-state index is -0.171. The molecule has 2 N–H and O–H groups in total. The summed E-state index contributed by atoms with van der Waals surface area (Å²) in [5.74, 6) is 0.0321. The van der Waals surface area contributed by atoms with Crippen LogP contribution in [0.3, 0.4) is 0 Å². The van der Waals surface area contributed by atoms with Gasteiger partial charge in [0.05, 0.1) is 12.5 Å². The van der Waals surface area contributed by atoms with E-state index in [-0.39, 0.29) is 23.6 Å². The second-order valence-electron chi connectivity index (χ2n) is 4.56. The summed E-state index contributed by atoms with van der Waals surface area (Å²) in [5.41, 5.74) is 0.747. The molecule has 5 heteroatoms. The number of aryl methyl sites for hydroxylation is 1. The van der Waals surface area contributed by atoms with Crippen molar-refractivity contribution in [2.45, 2.75) is 38.7 Å². The number of nitrogens with one attached hydrogen (secondary N) is 1. The minimum absolute atomic E-state index is 0.00861. The molecular weight excluding hydrogens is 232 g/mol. The summed E-state index contributed by atoms with van der Waals surface area (Å²) < 4.78 is 5.50. The lowest BCUT2D eigenvalue weighted by molar-refractivity contribution is -0.119. The molecule has 0 saturated carbocycles. The van der Waals surface area contributed by atoms with Crippen LogP contribution in [0.25, 0.3) is 0 Å². The SMILES string of the molecule is Cc1ccc(O)c(NC(=O)CC2CCCCO2)n1. The van der Waals surface area contributed by atoms with Crippen LogP contribution in [0.15, 0.2) is 12.1 Å². The Morgan fingerprint density at radius 1 is 1.56 bits per heavy atom. The Morgan fingerprint density at radius 2 is 2.39 bits per heavy atom. The predicted octanol–water partition coefficient (Wildman–Crippen LogP) is 1.99. The summed E-state index contributed by atoms with van der Waals surface area (Å²) in [7, 11) is 0. The second kappa shape index (κ2) is 5.82. The molecule has 1 aliphatic rings. The largest absolute Gasteiger partial charge is 0.504 e. The molecule has 1 fully saturated rings. The zero-order valence-electron chi connectivity index (χ0n) is 10.5. The van der Waals surface area contributed by atoms with E-state index in [4.69, 9.17) is 4.74 Å². The molecule has 98 valence electrons. The molecule has 1 aromatic heterocycles. The lowest BCUT2D eigenvalue weighted by Crippen LogP contribution is -2.25. The summed E-state index contributed by atoms with van der Waals surface area (Å²) in [6.45, 7) is 2.53. The average Bonchev–Trinajstić information content (AvgIpc) is 2.35. The zero-order chi connectivity index (χ0) is 13.0. The van der Waals surface area contributed by atoms with E-state index in [0.717, 1.165) is 31.6 Å². The van der Waals surface area contributed by atoms with E-state index in [1.54, 1.807) is 13.0 Å². The number of ether oxygens (including phenoxy) is 1. The quantitative estimate of drug-likeness (QED) is 0.860. The van der Waals surface area contributed by atoms with Crippen molar-refractivity contribution in [3.63, 3.8) is 0 Å². The second-order valence-corrected chi connectivity index (χ2v) is 4.56. The maximum absolute atomic E-state index is 11.8. The number of nitrogens with zero attached hydrogens (tertiary/aromatic N) is 1. The van der Waals surface area contributed by atoms with E-state index in [2.05, 4.69) is 10.3 Å². The molecule has 0 aliphatic carbocycles. The van der Waals surface area contributed by atoms with Gasteiger partial charge < -0.3 is 15.2 Å². The van der Waals surface area contributed by atoms with Gasteiger partial charge in [0.15, 0.2) is 11.6 Å². The van der Waals surface area contributed by atoms with Crippen molar-refractivity contribution in [1.29, 1.82) is 0 Å². The van der Waals surface area contributed by atoms with E-state index in [1.807, 2.05) is 0 Å². The number of hydrogen-bond donors (Lipinski definition) is 2. The van der Waals surface area contributed by atoms with Gasteiger partial charge in [0.1, 0.15) is 0 Å². The third kappa shape index (κ3) is 3.43. The average molecular weight is 250 g/mol. The minimum Gasteiger partial charge on any atom is -0.504 e. The Bertz CT molecular complexity index is 428. The molecule has 0 aromatic carbocycles. The molecule has 1 saturated heterocycles. The molecule has 0 bridgehead atoms. The number of carbonyl (C=O) groups is 1. The van der Waals surface area contributed by atoms with E-state index in [9.17, 15) is 9.90 Å². The van der Waals surface area contributed by atoms with Gasteiger partial charge in [-0.1, -0.05) is 0 Å². The summed E-state index contributed by atoms with van der Waals surface area (Å²) in [6.07, 6.45) is 3.39. The first kappa shape index (κ1) is 12.8. The number of aromatic hydroxyl groups is 1. The summed E-state index contributed by atoms with van der Waals surface area (Å²) in [4.78, 5) is 15.9. The fourth-order valence-electron chi connectivity index (χ4n) is 2.00. The lowest BCUT2D eigenvalue weighted by atomic mass is 10.1. The molecule has 1 aliphatic heterocycles. The van der Waals surface area contributed by atoms with E-state index >= 15 is 0 Å². The van der Waals surface area contributed by atoms with Crippen LogP contribution in [-0.4, -0.2) is 28.7 Å². The lowest BCUT2D eigenvalue weighted by Gasteiger charge is -2.21. The third-order valence-electron chi connectivity index (χ3n) is 2.96. The monoisotopic (exact) mass is 250 g/mol. The van der Waals surface area contributed by atoms with Gasteiger partial charge >= 0.3 is 0 Å². The van der Waals surface area contributed by atoms with Crippen molar-refractivity contribution in [1.82, 2.24) is 4.98 Å². The Hall–Kier alpha value is -1.62. The summed E-state index contributed by atoms with van der Waals surface area (Å²) in [6, 6.07) is 3.21. The van der Waals surface area contributed by atoms with Crippen molar-refractivity contribution in [3.8, 4) is 5.75 Å². The first-order valence-corrected chi connectivity index (χ1v) is 6.23. The number of amides is 1. The number of rotatable bonds is 3. The predicted molar refractivity (Wildman–Crippen MR) is 67.5 cm³/mol. The standard InChI is InChI=1S/C13H18N2O3/c1-9-5-6-11(16)13(14-9)15-12(17)8-10-4-2-3-7-18-10/h5-6,10,16H,2-4,7-8H2,1H3,(H,14,15,17). The van der Waals surface area contributed by atoms with Crippen LogP contribution in [0.2, 0.25) is 0 Å². The highest BCUT2D eigenvalue weighted by molar-refractivity contribution is 5.91. The number of aromatic nitrogens is 1. The fraction of sp³-hybridized carbons (Fsp3) is 0.538. The van der Waals surface area contributed by atoms with Gasteiger partial charge in [-0.25, -0.2) is 4.98 Å². The number of pyridine rings is 1. The first-order chi connectivity index (χ1) is 8.65. The van der Waals surface area contributed by atoms with Crippen LogP contribution in [0.1, 0.15) is 31.4 Å². The van der Waals surface area contributed by atoms with Crippen molar-refractivity contribution < 1.29 is 14.6 Å². The normalized spacial score (nSPS) is 19.5. The Balaban J connectivity index is 1.92. The Labute approximate surface area is 106 Å². The van der Waals surface area contributed by atoms with Crippen LogP contribution in [0.5, 0.6) is 5.75 Å². The molecule has 1 amide bonds. The van der Waals surface area contributed by atoms with Gasteiger partial charge in [-0.15, -0.1) is 0 Å².